The predicted octanol–water partition coefficient (Wildman–Crippen LogP) is 9.48. The Balaban J connectivity index is 0.000000122. The third-order valence-corrected chi connectivity index (χ3v) is 12.2. The maximum absolute atomic E-state index is 13.3. The van der Waals surface area contributed by atoms with Crippen molar-refractivity contribution in [2.24, 2.45) is 7.05 Å². The molecular formula is C47H48F5N11O. The molecule has 0 atom stereocenters. The smallest absolute Gasteiger partial charge is 0.395 e. The molecule has 8 heterocycles. The first-order valence-corrected chi connectivity index (χ1v) is 21.4. The number of hydrogen-bond acceptors (Lipinski definition) is 6. The summed E-state index contributed by atoms with van der Waals surface area (Å²) in [5.74, 6) is -0.456. The molecule has 6 aromatic heterocycles. The molecule has 17 heteroatoms. The molecule has 64 heavy (non-hydrogen) atoms. The Hall–Kier alpha value is -6.56. The number of alkyl halides is 3. The summed E-state index contributed by atoms with van der Waals surface area (Å²) in [5, 5.41) is 28.0. The van der Waals surface area contributed by atoms with Crippen LogP contribution in [0.1, 0.15) is 43.5 Å². The quantitative estimate of drug-likeness (QED) is 0.101. The lowest BCUT2D eigenvalue weighted by atomic mass is 10.1. The van der Waals surface area contributed by atoms with Crippen LogP contribution in [0.25, 0.3) is 66.1 Å². The number of β-amino-alcohol motifs (C(OH)–C–C–N with tert-alkyl or cyclic N) is 1. The zero-order valence-electron chi connectivity index (χ0n) is 35.1. The second-order valence-corrected chi connectivity index (χ2v) is 16.3. The van der Waals surface area contributed by atoms with Crippen LogP contribution < -0.4 is 5.32 Å². The van der Waals surface area contributed by atoms with Crippen LogP contribution in [0.4, 0.5) is 22.0 Å². The molecule has 2 fully saturated rings. The minimum absolute atomic E-state index is 0.0902. The molecule has 11 rings (SSSR count). The van der Waals surface area contributed by atoms with E-state index in [0.717, 1.165) is 118 Å². The van der Waals surface area contributed by atoms with E-state index < -0.39 is 11.9 Å². The number of halogens is 5. The van der Waals surface area contributed by atoms with Gasteiger partial charge in [-0.05, 0) is 81.2 Å². The average molecular weight is 878 g/mol. The molecule has 0 radical (unpaired) electrons. The molecule has 0 saturated carbocycles. The molecule has 2 saturated heterocycles. The number of rotatable bonds is 7. The van der Waals surface area contributed by atoms with Crippen molar-refractivity contribution in [3.63, 3.8) is 0 Å². The topological polar surface area (TPSA) is 136 Å². The van der Waals surface area contributed by atoms with Gasteiger partial charge in [0.1, 0.15) is 17.3 Å². The van der Waals surface area contributed by atoms with E-state index in [1.165, 1.54) is 37.5 Å². The number of benzene rings is 3. The van der Waals surface area contributed by atoms with Gasteiger partial charge in [-0.1, -0.05) is 18.2 Å². The molecule has 5 N–H and O–H groups in total. The summed E-state index contributed by atoms with van der Waals surface area (Å²) in [7, 11) is 1.29. The summed E-state index contributed by atoms with van der Waals surface area (Å²) in [4.78, 5) is 11.5. The molecule has 2 aliphatic heterocycles. The van der Waals surface area contributed by atoms with Crippen LogP contribution in [0.3, 0.4) is 0 Å². The Morgan fingerprint density at radius 3 is 1.75 bits per heavy atom. The Kier molecular flexibility index (Phi) is 12.2. The fourth-order valence-corrected chi connectivity index (χ4v) is 8.91. The molecule has 3 aromatic carbocycles. The number of aliphatic hydroxyl groups excluding tert-OH is 1. The Morgan fingerprint density at radius 2 is 1.17 bits per heavy atom. The SMILES string of the molecule is Cn1ncc(-c2c[nH]c3ccccc23)c1C(F)(F)F.Fc1ccc2c(-c3cnn(C4CCNCC4)c3)c[nH]c2c1.OCCN1CCC(n2cc(-c3c[nH]c4cc(F)ccc34)cn2)CC1. The lowest BCUT2D eigenvalue weighted by Gasteiger charge is -2.31. The first-order chi connectivity index (χ1) is 31.0. The molecule has 0 unspecified atom stereocenters. The molecule has 9 aromatic rings. The highest BCUT2D eigenvalue weighted by Gasteiger charge is 2.38. The number of piperidine rings is 2. The van der Waals surface area contributed by atoms with E-state index in [4.69, 9.17) is 5.11 Å². The van der Waals surface area contributed by atoms with Gasteiger partial charge in [-0.2, -0.15) is 28.5 Å². The summed E-state index contributed by atoms with van der Waals surface area (Å²) in [6.07, 6.45) is 14.5. The van der Waals surface area contributed by atoms with Crippen LogP contribution in [-0.2, 0) is 13.2 Å². The van der Waals surface area contributed by atoms with Gasteiger partial charge < -0.3 is 30.3 Å². The zero-order chi connectivity index (χ0) is 44.4. The van der Waals surface area contributed by atoms with Gasteiger partial charge in [-0.3, -0.25) is 14.0 Å². The van der Waals surface area contributed by atoms with Crippen molar-refractivity contribution < 1.29 is 27.1 Å². The van der Waals surface area contributed by atoms with Gasteiger partial charge in [-0.15, -0.1) is 0 Å². The molecule has 0 amide bonds. The van der Waals surface area contributed by atoms with E-state index in [0.29, 0.717) is 17.6 Å². The van der Waals surface area contributed by atoms with Crippen LogP contribution in [0.15, 0.2) is 110 Å². The standard InChI is InChI=1S/C18H21FN4O.C16H17FN4.C13H10F3N3/c19-14-1-2-16-17(11-20-18(16)9-14)13-10-21-23(12-13)15-3-5-22(6-4-15)7-8-24;17-12-1-2-14-15(9-19-16(14)7-12)11-8-20-21(10-11)13-3-5-18-6-4-13;1-19-12(13(14,15)16)10(7-18-19)9-6-17-11-5-3-2-4-8(9)11/h1-2,9-12,15,20,24H,3-8H2;1-2,7-10,13,18-19H,3-6H2;2-7,17H,1H3. The van der Waals surface area contributed by atoms with Gasteiger partial charge in [0.25, 0.3) is 0 Å². The van der Waals surface area contributed by atoms with Gasteiger partial charge in [0, 0.05) is 124 Å². The number of para-hydroxylation sites is 1. The van der Waals surface area contributed by atoms with Crippen molar-refractivity contribution in [2.45, 2.75) is 43.9 Å². The normalized spacial score (nSPS) is 15.4. The van der Waals surface area contributed by atoms with Gasteiger partial charge >= 0.3 is 6.18 Å². The number of nitrogens with zero attached hydrogens (tertiary/aromatic N) is 7. The van der Waals surface area contributed by atoms with Crippen LogP contribution >= 0.6 is 0 Å². The number of likely N-dealkylation sites (tertiary alicyclic amines) is 1. The fourth-order valence-electron chi connectivity index (χ4n) is 8.91. The van der Waals surface area contributed by atoms with Gasteiger partial charge in [0.2, 0.25) is 0 Å². The van der Waals surface area contributed by atoms with Crippen molar-refractivity contribution in [2.75, 3.05) is 39.3 Å². The van der Waals surface area contributed by atoms with Crippen molar-refractivity contribution in [1.29, 1.82) is 0 Å². The van der Waals surface area contributed by atoms with E-state index in [-0.39, 0.29) is 23.8 Å². The number of aromatic amines is 3. The summed E-state index contributed by atoms with van der Waals surface area (Å²) >= 11 is 0. The highest BCUT2D eigenvalue weighted by Crippen LogP contribution is 2.39. The minimum Gasteiger partial charge on any atom is -0.395 e. The Morgan fingerprint density at radius 1 is 0.641 bits per heavy atom. The van der Waals surface area contributed by atoms with Crippen molar-refractivity contribution in [3.8, 4) is 33.4 Å². The predicted molar refractivity (Wildman–Crippen MR) is 237 cm³/mol. The van der Waals surface area contributed by atoms with E-state index in [1.807, 2.05) is 47.7 Å². The first kappa shape index (κ1) is 42.7. The van der Waals surface area contributed by atoms with E-state index in [2.05, 4.69) is 57.5 Å². The molecule has 12 nitrogen and oxygen atoms in total. The molecule has 0 aliphatic carbocycles. The average Bonchev–Trinajstić information content (AvgIpc) is 4.16. The number of aryl methyl sites for hydroxylation is 1. The number of hydrogen-bond donors (Lipinski definition) is 5. The molecule has 332 valence electrons. The van der Waals surface area contributed by atoms with Gasteiger partial charge in [0.15, 0.2) is 0 Å². The largest absolute Gasteiger partial charge is 0.433 e. The third-order valence-electron chi connectivity index (χ3n) is 12.2. The first-order valence-electron chi connectivity index (χ1n) is 21.4. The lowest BCUT2D eigenvalue weighted by Crippen LogP contribution is -2.36. The lowest BCUT2D eigenvalue weighted by molar-refractivity contribution is -0.143. The van der Waals surface area contributed by atoms with Crippen molar-refractivity contribution >= 4 is 32.7 Å². The number of aromatic nitrogens is 9. The zero-order valence-corrected chi connectivity index (χ0v) is 35.1. The number of fused-ring (bicyclic) bond motifs is 3. The highest BCUT2D eigenvalue weighted by atomic mass is 19.4. The summed E-state index contributed by atoms with van der Waals surface area (Å²) in [6.45, 7) is 5.05. The third kappa shape index (κ3) is 8.96. The van der Waals surface area contributed by atoms with Crippen LogP contribution in [0.5, 0.6) is 0 Å². The number of nitrogens with one attached hydrogen (secondary N) is 4. The maximum Gasteiger partial charge on any atom is 0.433 e. The summed E-state index contributed by atoms with van der Waals surface area (Å²) < 4.78 is 70.7. The van der Waals surface area contributed by atoms with Crippen LogP contribution in [-0.4, -0.2) is 93.6 Å². The van der Waals surface area contributed by atoms with E-state index in [1.54, 1.807) is 24.4 Å². The number of aliphatic hydroxyl groups is 1. The second-order valence-electron chi connectivity index (χ2n) is 16.3. The fraction of sp³-hybridized carbons (Fsp3) is 0.298. The second kappa shape index (κ2) is 18.3. The molecular weight excluding hydrogens is 830 g/mol. The van der Waals surface area contributed by atoms with E-state index >= 15 is 0 Å². The molecule has 0 spiro atoms. The maximum atomic E-state index is 13.3. The van der Waals surface area contributed by atoms with Crippen molar-refractivity contribution in [3.05, 3.63) is 128 Å². The summed E-state index contributed by atoms with van der Waals surface area (Å²) in [5.41, 5.74) is 6.53. The van der Waals surface area contributed by atoms with Crippen LogP contribution in [0.2, 0.25) is 0 Å². The molecule has 2 aliphatic rings. The minimum atomic E-state index is -4.43. The van der Waals surface area contributed by atoms with Gasteiger partial charge in [0.05, 0.1) is 37.3 Å². The van der Waals surface area contributed by atoms with E-state index in [9.17, 15) is 22.0 Å². The Labute approximate surface area is 364 Å². The number of H-pyrrole nitrogens is 3. The summed E-state index contributed by atoms with van der Waals surface area (Å²) in [6, 6.07) is 17.8. The van der Waals surface area contributed by atoms with Gasteiger partial charge in [-0.25, -0.2) is 8.78 Å². The van der Waals surface area contributed by atoms with Crippen LogP contribution in [0, 0.1) is 11.6 Å². The Bertz CT molecular complexity index is 2970. The monoisotopic (exact) mass is 877 g/mol. The molecule has 0 bridgehead atoms. The highest BCUT2D eigenvalue weighted by molar-refractivity contribution is 5.97. The van der Waals surface area contributed by atoms with Crippen molar-refractivity contribution in [1.82, 2.24) is 54.5 Å².